The largest absolute Gasteiger partial charge is 0.362 e. The lowest BCUT2D eigenvalue weighted by molar-refractivity contribution is 0.598. The van der Waals surface area contributed by atoms with Gasteiger partial charge in [0.05, 0.1) is 22.1 Å². The SMILES string of the molecule is CCc1cc2c(N[C@H]3CS(=O)(=O)c4ccccc43)ncnc2s1. The number of hydrogen-bond acceptors (Lipinski definition) is 6. The number of hydrogen-bond donors (Lipinski definition) is 1. The van der Waals surface area contributed by atoms with Crippen LogP contribution >= 0.6 is 11.3 Å². The second-order valence-electron chi connectivity index (χ2n) is 5.52. The van der Waals surface area contributed by atoms with Crippen molar-refractivity contribution in [1.29, 1.82) is 0 Å². The van der Waals surface area contributed by atoms with E-state index < -0.39 is 9.84 Å². The van der Waals surface area contributed by atoms with Gasteiger partial charge in [0, 0.05) is 4.88 Å². The van der Waals surface area contributed by atoms with Gasteiger partial charge in [-0.2, -0.15) is 0 Å². The molecule has 0 radical (unpaired) electrons. The Morgan fingerprint density at radius 2 is 2.13 bits per heavy atom. The number of thiophene rings is 1. The van der Waals surface area contributed by atoms with E-state index in [1.807, 2.05) is 12.1 Å². The molecule has 2 aromatic heterocycles. The predicted molar refractivity (Wildman–Crippen MR) is 91.7 cm³/mol. The highest BCUT2D eigenvalue weighted by molar-refractivity contribution is 7.91. The van der Waals surface area contributed by atoms with Crippen LogP contribution in [0.1, 0.15) is 23.4 Å². The third-order valence-corrected chi connectivity index (χ3v) is 7.06. The molecule has 3 heterocycles. The fourth-order valence-electron chi connectivity index (χ4n) is 2.93. The Morgan fingerprint density at radius 1 is 1.30 bits per heavy atom. The maximum Gasteiger partial charge on any atom is 0.181 e. The number of nitrogens with zero attached hydrogens (tertiary/aromatic N) is 2. The van der Waals surface area contributed by atoms with Crippen LogP contribution in [0.3, 0.4) is 0 Å². The molecule has 4 rings (SSSR count). The molecule has 1 aliphatic rings. The zero-order valence-electron chi connectivity index (χ0n) is 12.5. The fourth-order valence-corrected chi connectivity index (χ4v) is 5.60. The Bertz CT molecular complexity index is 995. The molecular weight excluding hydrogens is 330 g/mol. The number of anilines is 1. The summed E-state index contributed by atoms with van der Waals surface area (Å²) in [5.41, 5.74) is 0.810. The molecule has 1 aliphatic heterocycles. The van der Waals surface area contributed by atoms with Crippen molar-refractivity contribution in [3.8, 4) is 0 Å². The molecule has 0 aliphatic carbocycles. The van der Waals surface area contributed by atoms with Gasteiger partial charge >= 0.3 is 0 Å². The van der Waals surface area contributed by atoms with Gasteiger partial charge in [-0.3, -0.25) is 0 Å². The van der Waals surface area contributed by atoms with Gasteiger partial charge in [0.1, 0.15) is 17.0 Å². The first-order valence-corrected chi connectivity index (χ1v) is 9.87. The Labute approximate surface area is 138 Å². The van der Waals surface area contributed by atoms with Gasteiger partial charge in [-0.25, -0.2) is 18.4 Å². The second-order valence-corrected chi connectivity index (χ2v) is 8.64. The number of aryl methyl sites for hydroxylation is 1. The van der Waals surface area contributed by atoms with E-state index in [9.17, 15) is 8.42 Å². The Balaban J connectivity index is 1.76. The Kier molecular flexibility index (Phi) is 3.35. The summed E-state index contributed by atoms with van der Waals surface area (Å²) in [6, 6.07) is 8.96. The maximum atomic E-state index is 12.3. The van der Waals surface area contributed by atoms with Crippen LogP contribution < -0.4 is 5.32 Å². The first kappa shape index (κ1) is 14.6. The number of aromatic nitrogens is 2. The van der Waals surface area contributed by atoms with Crippen molar-refractivity contribution in [2.75, 3.05) is 11.1 Å². The molecule has 5 nitrogen and oxygen atoms in total. The normalized spacial score (nSPS) is 18.9. The molecule has 7 heteroatoms. The third-order valence-electron chi connectivity index (χ3n) is 4.06. The molecule has 118 valence electrons. The van der Waals surface area contributed by atoms with E-state index in [1.165, 1.54) is 11.2 Å². The molecule has 23 heavy (non-hydrogen) atoms. The van der Waals surface area contributed by atoms with Gasteiger partial charge in [-0.05, 0) is 24.1 Å². The average molecular weight is 345 g/mol. The van der Waals surface area contributed by atoms with Crippen molar-refractivity contribution in [2.24, 2.45) is 0 Å². The monoisotopic (exact) mass is 345 g/mol. The number of sulfone groups is 1. The lowest BCUT2D eigenvalue weighted by Crippen LogP contribution is -2.14. The smallest absolute Gasteiger partial charge is 0.181 e. The summed E-state index contributed by atoms with van der Waals surface area (Å²) < 4.78 is 24.6. The molecule has 0 saturated heterocycles. The summed E-state index contributed by atoms with van der Waals surface area (Å²) in [7, 11) is -3.23. The summed E-state index contributed by atoms with van der Waals surface area (Å²) in [5.74, 6) is 0.755. The van der Waals surface area contributed by atoms with Crippen LogP contribution in [-0.4, -0.2) is 24.1 Å². The van der Waals surface area contributed by atoms with Crippen molar-refractivity contribution in [1.82, 2.24) is 9.97 Å². The minimum Gasteiger partial charge on any atom is -0.362 e. The summed E-state index contributed by atoms with van der Waals surface area (Å²) in [6.07, 6.45) is 2.47. The van der Waals surface area contributed by atoms with Crippen molar-refractivity contribution >= 4 is 37.2 Å². The van der Waals surface area contributed by atoms with E-state index in [-0.39, 0.29) is 11.8 Å². The fraction of sp³-hybridized carbons (Fsp3) is 0.250. The molecule has 1 N–H and O–H groups in total. The highest BCUT2D eigenvalue weighted by atomic mass is 32.2. The molecule has 3 aromatic rings. The van der Waals surface area contributed by atoms with Crippen LogP contribution in [0.4, 0.5) is 5.82 Å². The third kappa shape index (κ3) is 2.40. The highest BCUT2D eigenvalue weighted by Crippen LogP contribution is 2.37. The molecule has 0 bridgehead atoms. The van der Waals surface area contributed by atoms with Crippen molar-refractivity contribution in [3.63, 3.8) is 0 Å². The quantitative estimate of drug-likeness (QED) is 0.789. The topological polar surface area (TPSA) is 72.0 Å². The molecule has 1 atom stereocenters. The summed E-state index contributed by atoms with van der Waals surface area (Å²) >= 11 is 1.65. The maximum absolute atomic E-state index is 12.3. The Hall–Kier alpha value is -1.99. The van der Waals surface area contributed by atoms with E-state index >= 15 is 0 Å². The summed E-state index contributed by atoms with van der Waals surface area (Å²) in [5, 5.41) is 4.26. The molecule has 0 spiro atoms. The van der Waals surface area contributed by atoms with E-state index in [0.29, 0.717) is 10.7 Å². The molecule has 0 amide bonds. The molecule has 0 saturated carbocycles. The lowest BCUT2D eigenvalue weighted by Gasteiger charge is -2.13. The Morgan fingerprint density at radius 3 is 2.96 bits per heavy atom. The van der Waals surface area contributed by atoms with Crippen LogP contribution in [-0.2, 0) is 16.3 Å². The van der Waals surface area contributed by atoms with Gasteiger partial charge in [-0.15, -0.1) is 11.3 Å². The number of nitrogens with one attached hydrogen (secondary N) is 1. The first-order valence-electron chi connectivity index (χ1n) is 7.40. The summed E-state index contributed by atoms with van der Waals surface area (Å²) in [4.78, 5) is 11.2. The van der Waals surface area contributed by atoms with Crippen molar-refractivity contribution in [3.05, 3.63) is 47.1 Å². The standard InChI is InChI=1S/C16H15N3O2S2/c1-2-10-7-12-15(17-9-18-16(12)22-10)19-13-8-23(20,21)14-6-4-3-5-11(13)14/h3-7,9,13H,2,8H2,1H3,(H,17,18,19)/t13-/m0/s1. The van der Waals surface area contributed by atoms with Crippen LogP contribution in [0.2, 0.25) is 0 Å². The van der Waals surface area contributed by atoms with Gasteiger partial charge in [0.15, 0.2) is 9.84 Å². The van der Waals surface area contributed by atoms with Crippen molar-refractivity contribution < 1.29 is 8.42 Å². The molecule has 1 aromatic carbocycles. The second kappa shape index (κ2) is 5.28. The first-order chi connectivity index (χ1) is 11.1. The van der Waals surface area contributed by atoms with Gasteiger partial charge in [-0.1, -0.05) is 25.1 Å². The molecule has 0 unspecified atom stereocenters. The van der Waals surface area contributed by atoms with Crippen LogP contribution in [0.15, 0.2) is 41.6 Å². The van der Waals surface area contributed by atoms with Crippen molar-refractivity contribution in [2.45, 2.75) is 24.3 Å². The van der Waals surface area contributed by atoms with Crippen LogP contribution in [0.25, 0.3) is 10.2 Å². The number of rotatable bonds is 3. The van der Waals surface area contributed by atoms with Gasteiger partial charge in [0.25, 0.3) is 0 Å². The van der Waals surface area contributed by atoms with Crippen LogP contribution in [0.5, 0.6) is 0 Å². The van der Waals surface area contributed by atoms with Gasteiger partial charge < -0.3 is 5.32 Å². The van der Waals surface area contributed by atoms with E-state index in [2.05, 4.69) is 28.3 Å². The average Bonchev–Trinajstić information content (AvgIpc) is 3.08. The number of benzene rings is 1. The van der Waals surface area contributed by atoms with Gasteiger partial charge in [0.2, 0.25) is 0 Å². The van der Waals surface area contributed by atoms with Crippen LogP contribution in [0, 0.1) is 0 Å². The highest BCUT2D eigenvalue weighted by Gasteiger charge is 2.34. The lowest BCUT2D eigenvalue weighted by atomic mass is 10.1. The zero-order valence-corrected chi connectivity index (χ0v) is 14.1. The van der Waals surface area contributed by atoms with E-state index in [1.54, 1.807) is 23.5 Å². The predicted octanol–water partition coefficient (Wildman–Crippen LogP) is 3.19. The van der Waals surface area contributed by atoms with E-state index in [0.717, 1.165) is 22.2 Å². The summed E-state index contributed by atoms with van der Waals surface area (Å²) in [6.45, 7) is 2.10. The van der Waals surface area contributed by atoms with E-state index in [4.69, 9.17) is 0 Å². The molecule has 0 fully saturated rings. The minimum absolute atomic E-state index is 0.0581. The minimum atomic E-state index is -3.23. The number of fused-ring (bicyclic) bond motifs is 2. The molecular formula is C16H15N3O2S2. The zero-order chi connectivity index (χ0) is 16.0.